The number of hydroxylamine groups is 2. The number of hydrogen-bond acceptors (Lipinski definition) is 10. The Hall–Kier alpha value is -3.40. The van der Waals surface area contributed by atoms with E-state index in [4.69, 9.17) is 9.57 Å². The lowest BCUT2D eigenvalue weighted by atomic mass is 9.87. The SMILES string of the molecule is COC(=O)C1=C(CN2CC(F)(F)[C@H]3[C@@H]2CON3C[C@@H](F)C(C)(C)C(=O)O)NC(c2nccs2)=N[C@H]1c1cccc(F)c1C. The summed E-state index contributed by atoms with van der Waals surface area (Å²) in [7, 11) is 1.18. The monoisotopic (exact) mass is 625 g/mol. The summed E-state index contributed by atoms with van der Waals surface area (Å²) in [4.78, 5) is 40.6. The maximum absolute atomic E-state index is 15.5. The van der Waals surface area contributed by atoms with Crippen molar-refractivity contribution in [3.05, 3.63) is 63.0 Å². The molecule has 1 aromatic heterocycles. The number of alkyl halides is 3. The molecular weight excluding hydrogens is 594 g/mol. The highest BCUT2D eigenvalue weighted by molar-refractivity contribution is 7.11. The van der Waals surface area contributed by atoms with Crippen LogP contribution in [0.25, 0.3) is 0 Å². The number of carboxylic acid groups (broad SMARTS) is 1. The average molecular weight is 626 g/mol. The molecule has 2 N–H and O–H groups in total. The molecule has 1 aromatic carbocycles. The number of carbonyl (C=O) groups excluding carboxylic acids is 1. The Kier molecular flexibility index (Phi) is 8.37. The lowest BCUT2D eigenvalue weighted by Gasteiger charge is -2.31. The minimum atomic E-state index is -3.36. The summed E-state index contributed by atoms with van der Waals surface area (Å²) in [6.45, 7) is 2.10. The molecule has 2 fully saturated rings. The third-order valence-corrected chi connectivity index (χ3v) is 8.99. The predicted molar refractivity (Wildman–Crippen MR) is 148 cm³/mol. The highest BCUT2D eigenvalue weighted by Crippen LogP contribution is 2.42. The normalized spacial score (nSPS) is 24.8. The van der Waals surface area contributed by atoms with E-state index in [2.05, 4.69) is 15.3 Å². The summed E-state index contributed by atoms with van der Waals surface area (Å²) in [6, 6.07) is 0.902. The zero-order valence-corrected chi connectivity index (χ0v) is 24.6. The first-order valence-corrected chi connectivity index (χ1v) is 14.3. The molecule has 43 heavy (non-hydrogen) atoms. The third-order valence-electron chi connectivity index (χ3n) is 8.21. The number of thiazole rings is 1. The summed E-state index contributed by atoms with van der Waals surface area (Å²) in [5.74, 6) is -5.77. The topological polar surface area (TPSA) is 117 Å². The number of fused-ring (bicyclic) bond motifs is 1. The number of halogens is 4. The Balaban J connectivity index is 1.50. The number of methoxy groups -OCH3 is 1. The Morgan fingerprint density at radius 1 is 1.35 bits per heavy atom. The van der Waals surface area contributed by atoms with Crippen LogP contribution in [0.15, 0.2) is 46.0 Å². The largest absolute Gasteiger partial charge is 0.481 e. The number of ether oxygens (including phenoxy) is 1. The van der Waals surface area contributed by atoms with Crippen LogP contribution in [0.4, 0.5) is 17.6 Å². The van der Waals surface area contributed by atoms with E-state index in [0.717, 1.165) is 5.06 Å². The number of esters is 1. The predicted octanol–water partition coefficient (Wildman–Crippen LogP) is 3.49. The van der Waals surface area contributed by atoms with Crippen LogP contribution in [0.5, 0.6) is 0 Å². The molecular formula is C28H31F4N5O5S. The van der Waals surface area contributed by atoms with Gasteiger partial charge in [-0.2, -0.15) is 5.06 Å². The van der Waals surface area contributed by atoms with E-state index in [1.165, 1.54) is 49.3 Å². The van der Waals surface area contributed by atoms with E-state index in [1.54, 1.807) is 24.6 Å². The lowest BCUT2D eigenvalue weighted by Crippen LogP contribution is -2.50. The Morgan fingerprint density at radius 2 is 2.09 bits per heavy atom. The van der Waals surface area contributed by atoms with Crippen molar-refractivity contribution in [2.45, 2.75) is 51.0 Å². The van der Waals surface area contributed by atoms with Crippen molar-refractivity contribution < 1.29 is 41.8 Å². The van der Waals surface area contributed by atoms with Gasteiger partial charge in [0.25, 0.3) is 5.92 Å². The van der Waals surface area contributed by atoms with Crippen LogP contribution in [0.1, 0.15) is 36.0 Å². The minimum absolute atomic E-state index is 0.0195. The van der Waals surface area contributed by atoms with Crippen molar-refractivity contribution >= 4 is 29.1 Å². The quantitative estimate of drug-likeness (QED) is 0.319. The van der Waals surface area contributed by atoms with Gasteiger partial charge in [-0.15, -0.1) is 11.3 Å². The van der Waals surface area contributed by atoms with E-state index >= 15 is 13.2 Å². The number of amidine groups is 1. The molecule has 0 radical (unpaired) electrons. The van der Waals surface area contributed by atoms with E-state index in [1.807, 2.05) is 0 Å². The number of nitrogens with zero attached hydrogens (tertiary/aromatic N) is 4. The molecule has 0 saturated carbocycles. The minimum Gasteiger partial charge on any atom is -0.481 e. The molecule has 0 bridgehead atoms. The molecule has 2 saturated heterocycles. The first kappa shape index (κ1) is 31.0. The molecule has 15 heteroatoms. The molecule has 4 atom stereocenters. The van der Waals surface area contributed by atoms with Crippen molar-refractivity contribution in [3.63, 3.8) is 0 Å². The van der Waals surface area contributed by atoms with Crippen molar-refractivity contribution in [1.82, 2.24) is 20.3 Å². The van der Waals surface area contributed by atoms with E-state index in [0.29, 0.717) is 10.6 Å². The van der Waals surface area contributed by atoms with Gasteiger partial charge < -0.3 is 15.2 Å². The van der Waals surface area contributed by atoms with E-state index in [9.17, 15) is 19.1 Å². The smallest absolute Gasteiger partial charge is 0.338 e. The number of carbonyl (C=O) groups is 2. The molecule has 0 amide bonds. The van der Waals surface area contributed by atoms with Crippen LogP contribution in [-0.2, 0) is 19.2 Å². The number of likely N-dealkylation sites (tertiary alicyclic amines) is 1. The van der Waals surface area contributed by atoms with Crippen LogP contribution < -0.4 is 5.32 Å². The maximum atomic E-state index is 15.5. The van der Waals surface area contributed by atoms with Gasteiger partial charge in [0, 0.05) is 23.8 Å². The molecule has 4 heterocycles. The molecule has 5 rings (SSSR count). The summed E-state index contributed by atoms with van der Waals surface area (Å²) >= 11 is 1.26. The molecule has 0 spiro atoms. The number of hydrogen-bond donors (Lipinski definition) is 2. The van der Waals surface area contributed by atoms with Gasteiger partial charge in [-0.05, 0) is 38.0 Å². The molecule has 0 aliphatic carbocycles. The highest BCUT2D eigenvalue weighted by atomic mass is 32.1. The first-order valence-electron chi connectivity index (χ1n) is 13.5. The molecule has 10 nitrogen and oxygen atoms in total. The second kappa shape index (κ2) is 11.6. The van der Waals surface area contributed by atoms with Crippen LogP contribution in [-0.4, -0.2) is 95.4 Å². The zero-order valence-electron chi connectivity index (χ0n) is 23.8. The summed E-state index contributed by atoms with van der Waals surface area (Å²) in [5, 5.41) is 15.5. The van der Waals surface area contributed by atoms with Crippen LogP contribution in [0, 0.1) is 18.2 Å². The number of rotatable bonds is 9. The third kappa shape index (κ3) is 5.66. The van der Waals surface area contributed by atoms with Crippen LogP contribution >= 0.6 is 11.3 Å². The van der Waals surface area contributed by atoms with Gasteiger partial charge in [-0.3, -0.25) is 19.5 Å². The second-order valence-electron chi connectivity index (χ2n) is 11.2. The van der Waals surface area contributed by atoms with Gasteiger partial charge in [-0.1, -0.05) is 12.1 Å². The molecule has 2 aromatic rings. The van der Waals surface area contributed by atoms with Crippen LogP contribution in [0.2, 0.25) is 0 Å². The average Bonchev–Trinajstić information content (AvgIpc) is 3.69. The second-order valence-corrected chi connectivity index (χ2v) is 12.1. The van der Waals surface area contributed by atoms with Gasteiger partial charge in [0.1, 0.15) is 24.1 Å². The Morgan fingerprint density at radius 3 is 2.74 bits per heavy atom. The highest BCUT2D eigenvalue weighted by Gasteiger charge is 2.61. The van der Waals surface area contributed by atoms with Gasteiger partial charge in [0.15, 0.2) is 10.8 Å². The summed E-state index contributed by atoms with van der Waals surface area (Å²) in [5.41, 5.74) is -0.938. The zero-order chi connectivity index (χ0) is 31.3. The first-order chi connectivity index (χ1) is 20.3. The fraction of sp³-hybridized carbons (Fsp3) is 0.500. The van der Waals surface area contributed by atoms with E-state index < -0.39 is 66.5 Å². The van der Waals surface area contributed by atoms with Gasteiger partial charge in [-0.25, -0.2) is 27.3 Å². The number of aromatic nitrogens is 1. The molecule has 0 unspecified atom stereocenters. The number of carboxylic acids is 1. The fourth-order valence-corrected chi connectivity index (χ4v) is 6.13. The van der Waals surface area contributed by atoms with Crippen molar-refractivity contribution in [2.75, 3.05) is 33.4 Å². The number of aliphatic imine (C=N–C) groups is 1. The number of aliphatic carboxylic acids is 1. The Bertz CT molecular complexity index is 1470. The van der Waals surface area contributed by atoms with Crippen molar-refractivity contribution in [3.8, 4) is 0 Å². The van der Waals surface area contributed by atoms with Crippen LogP contribution in [0.3, 0.4) is 0 Å². The van der Waals surface area contributed by atoms with Gasteiger partial charge in [0.2, 0.25) is 0 Å². The lowest BCUT2D eigenvalue weighted by molar-refractivity contribution is -0.196. The maximum Gasteiger partial charge on any atom is 0.338 e. The Labute approximate surface area is 249 Å². The van der Waals surface area contributed by atoms with Crippen molar-refractivity contribution in [2.24, 2.45) is 10.4 Å². The summed E-state index contributed by atoms with van der Waals surface area (Å²) in [6.07, 6.45) is -0.430. The van der Waals surface area contributed by atoms with Crippen molar-refractivity contribution in [1.29, 1.82) is 0 Å². The fourth-order valence-electron chi connectivity index (χ4n) is 5.54. The molecule has 232 valence electrons. The summed E-state index contributed by atoms with van der Waals surface area (Å²) < 4.78 is 65.8. The standard InChI is InChI=1S/C28H31F4N5O5S/c1-14-15(6-5-7-16(14)29)21-20(25(38)41-4)17(34-23(35-21)24-33-8-9-43-24)10-36-13-28(31,32)22-18(36)12-42-37(22)11-19(30)27(2,3)26(39)40/h5-9,18-19,21-22H,10-13H2,1-4H3,(H,34,35)(H,39,40)/t18-,19+,21-,22+/m0/s1. The van der Waals surface area contributed by atoms with Gasteiger partial charge in [0.05, 0.1) is 43.8 Å². The molecule has 3 aliphatic heterocycles. The van der Waals surface area contributed by atoms with Gasteiger partial charge >= 0.3 is 11.9 Å². The number of nitrogens with one attached hydrogen (secondary N) is 1. The molecule has 3 aliphatic rings. The number of benzene rings is 1. The van der Waals surface area contributed by atoms with E-state index in [-0.39, 0.29) is 35.8 Å².